The van der Waals surface area contributed by atoms with E-state index in [-0.39, 0.29) is 11.1 Å². The van der Waals surface area contributed by atoms with E-state index in [1.807, 2.05) is 39.8 Å². The quantitative estimate of drug-likeness (QED) is 0.0980. The Labute approximate surface area is 271 Å². The van der Waals surface area contributed by atoms with E-state index in [1.165, 1.54) is 12.1 Å². The van der Waals surface area contributed by atoms with Crippen molar-refractivity contribution in [3.05, 3.63) is 125 Å². The van der Waals surface area contributed by atoms with E-state index in [1.54, 1.807) is 24.5 Å². The van der Waals surface area contributed by atoms with E-state index in [0.29, 0.717) is 37.1 Å². The molecule has 0 atom stereocenters. The van der Waals surface area contributed by atoms with Gasteiger partial charge >= 0.3 is 7.12 Å². The van der Waals surface area contributed by atoms with E-state index >= 15 is 0 Å². The molecule has 1 fully saturated rings. The summed E-state index contributed by atoms with van der Waals surface area (Å²) in [5.74, 6) is -3.56. The molecule has 240 valence electrons. The second-order valence-electron chi connectivity index (χ2n) is 12.7. The second kappa shape index (κ2) is 13.0. The van der Waals surface area contributed by atoms with Crippen LogP contribution in [-0.2, 0) is 35.0 Å². The fourth-order valence-electron chi connectivity index (χ4n) is 5.44. The Morgan fingerprint density at radius 1 is 0.553 bits per heavy atom. The van der Waals surface area contributed by atoms with Gasteiger partial charge in [-0.2, -0.15) is 27.5 Å². The number of nitrogens with zero attached hydrogens (tertiary/aromatic N) is 4. The van der Waals surface area contributed by atoms with Crippen molar-refractivity contribution in [2.75, 3.05) is 0 Å². The van der Waals surface area contributed by atoms with Crippen LogP contribution in [-0.4, -0.2) is 38.3 Å². The lowest BCUT2D eigenvalue weighted by Gasteiger charge is -2.32. The van der Waals surface area contributed by atoms with Crippen LogP contribution in [0.5, 0.6) is 0 Å². The number of pyridine rings is 4. The largest absolute Gasteiger partial charge is 0.494 e. The molecule has 0 unspecified atom stereocenters. The molecule has 0 radical (unpaired) electrons. The molecular weight excluding hydrogens is 607 g/mol. The van der Waals surface area contributed by atoms with E-state index in [2.05, 4.69) is 38.1 Å². The van der Waals surface area contributed by atoms with Gasteiger partial charge < -0.3 is 9.31 Å². The number of aryl methyl sites for hydroxylation is 4. The number of hydrogen-bond acceptors (Lipinski definition) is 6. The minimum Gasteiger partial charge on any atom is -0.399 e. The van der Waals surface area contributed by atoms with Gasteiger partial charge in [-0.1, -0.05) is 30.3 Å². The summed E-state index contributed by atoms with van der Waals surface area (Å²) in [6.45, 7) is 8.08. The summed E-state index contributed by atoms with van der Waals surface area (Å²) in [5, 5.41) is 0. The zero-order valence-electron chi connectivity index (χ0n) is 26.5. The number of benzene rings is 1. The zero-order chi connectivity index (χ0) is 33.3. The van der Waals surface area contributed by atoms with Gasteiger partial charge in [-0.15, -0.1) is 0 Å². The van der Waals surface area contributed by atoms with Crippen molar-refractivity contribution in [2.24, 2.45) is 0 Å². The average molecular weight is 640 g/mol. The van der Waals surface area contributed by atoms with Crippen LogP contribution in [0.2, 0.25) is 0 Å². The van der Waals surface area contributed by atoms with Crippen molar-refractivity contribution in [3.8, 4) is 22.5 Å². The molecule has 6 nitrogen and oxygen atoms in total. The summed E-state index contributed by atoms with van der Waals surface area (Å²) in [6, 6.07) is 18.4. The highest BCUT2D eigenvalue weighted by Crippen LogP contribution is 2.36. The lowest BCUT2D eigenvalue weighted by atomic mass is 9.76. The molecule has 0 N–H and O–H groups in total. The molecule has 5 heterocycles. The van der Waals surface area contributed by atoms with Gasteiger partial charge in [-0.05, 0) is 117 Å². The molecule has 0 aliphatic carbocycles. The maximum Gasteiger partial charge on any atom is 0.494 e. The first-order valence-corrected chi connectivity index (χ1v) is 15.4. The lowest BCUT2D eigenvalue weighted by Crippen LogP contribution is -2.41. The Bertz CT molecular complexity index is 1770. The fourth-order valence-corrected chi connectivity index (χ4v) is 5.44. The van der Waals surface area contributed by atoms with E-state index in [9.17, 15) is 17.6 Å². The molecule has 1 saturated heterocycles. The normalized spacial score (nSPS) is 15.3. The molecule has 1 aromatic carbocycles. The maximum atomic E-state index is 14.1. The highest BCUT2D eigenvalue weighted by atomic mass is 19.1. The van der Waals surface area contributed by atoms with E-state index in [4.69, 9.17) is 9.31 Å². The Morgan fingerprint density at radius 3 is 1.36 bits per heavy atom. The van der Waals surface area contributed by atoms with Crippen LogP contribution in [0.15, 0.2) is 79.1 Å². The predicted molar refractivity (Wildman–Crippen MR) is 172 cm³/mol. The van der Waals surface area contributed by atoms with Crippen LogP contribution >= 0.6 is 0 Å². The first-order chi connectivity index (χ1) is 22.4. The summed E-state index contributed by atoms with van der Waals surface area (Å²) in [6.07, 6.45) is 6.18. The molecule has 11 heteroatoms. The summed E-state index contributed by atoms with van der Waals surface area (Å²) in [5.41, 5.74) is 5.10. The number of rotatable bonds is 9. The minimum atomic E-state index is -0.900. The lowest BCUT2D eigenvalue weighted by molar-refractivity contribution is 0.00578. The van der Waals surface area contributed by atoms with Crippen molar-refractivity contribution in [1.29, 1.82) is 0 Å². The van der Waals surface area contributed by atoms with Gasteiger partial charge in [0, 0.05) is 12.4 Å². The SMILES string of the molecule is CC1(C)OB(c2cc(CCc3ccc(-c4ccc(F)nc4F)nc3)cc(CCc3ccc(-c4ccc(F)nc4F)nc3)c2)OC1(C)C. The second-order valence-corrected chi connectivity index (χ2v) is 12.7. The molecule has 6 rings (SSSR count). The van der Waals surface area contributed by atoms with Crippen LogP contribution in [0.3, 0.4) is 0 Å². The Kier molecular flexibility index (Phi) is 8.96. The van der Waals surface area contributed by atoms with Gasteiger partial charge in [0.15, 0.2) is 0 Å². The first kappa shape index (κ1) is 32.5. The fraction of sp³-hybridized carbons (Fsp3) is 0.278. The Balaban J connectivity index is 1.19. The van der Waals surface area contributed by atoms with Gasteiger partial charge in [0.05, 0.1) is 33.7 Å². The molecule has 5 aromatic rings. The molecule has 0 spiro atoms. The summed E-state index contributed by atoms with van der Waals surface area (Å²) in [4.78, 5) is 15.3. The van der Waals surface area contributed by atoms with Crippen molar-refractivity contribution < 1.29 is 26.9 Å². The average Bonchev–Trinajstić information content (AvgIpc) is 3.26. The number of aromatic nitrogens is 4. The molecule has 0 saturated carbocycles. The van der Waals surface area contributed by atoms with Gasteiger partial charge in [-0.25, -0.2) is 0 Å². The maximum absolute atomic E-state index is 14.1. The van der Waals surface area contributed by atoms with Crippen LogP contribution in [0.1, 0.15) is 49.9 Å². The monoisotopic (exact) mass is 640 g/mol. The van der Waals surface area contributed by atoms with E-state index in [0.717, 1.165) is 39.8 Å². The number of halogens is 4. The highest BCUT2D eigenvalue weighted by Gasteiger charge is 2.51. The third-order valence-electron chi connectivity index (χ3n) is 8.84. The van der Waals surface area contributed by atoms with Gasteiger partial charge in [0.2, 0.25) is 23.8 Å². The van der Waals surface area contributed by atoms with Crippen molar-refractivity contribution in [3.63, 3.8) is 0 Å². The smallest absolute Gasteiger partial charge is 0.399 e. The Hall–Kier alpha value is -4.48. The van der Waals surface area contributed by atoms with Gasteiger partial charge in [0.25, 0.3) is 0 Å². The van der Waals surface area contributed by atoms with Crippen LogP contribution in [0.4, 0.5) is 17.6 Å². The van der Waals surface area contributed by atoms with Crippen molar-refractivity contribution in [2.45, 2.75) is 64.6 Å². The van der Waals surface area contributed by atoms with Crippen molar-refractivity contribution >= 4 is 12.6 Å². The van der Waals surface area contributed by atoms with Crippen molar-refractivity contribution in [1.82, 2.24) is 19.9 Å². The van der Waals surface area contributed by atoms with Crippen LogP contribution in [0.25, 0.3) is 22.5 Å². The standard InChI is InChI=1S/C36H33BF4N4O2/c1-35(2)36(3,4)47-37(46-35)26-18-24(7-5-22-9-13-29(42-20-22)27-11-15-31(38)44-33(27)40)17-25(19-26)8-6-23-10-14-30(43-21-23)28-12-16-32(39)45-34(28)41/h9-21H,5-8H2,1-4H3. The molecule has 0 bridgehead atoms. The minimum absolute atomic E-state index is 0.141. The molecule has 1 aliphatic rings. The Morgan fingerprint density at radius 2 is 0.979 bits per heavy atom. The predicted octanol–water partition coefficient (Wildman–Crippen LogP) is 7.03. The third kappa shape index (κ3) is 7.26. The molecule has 0 amide bonds. The zero-order valence-corrected chi connectivity index (χ0v) is 26.5. The first-order valence-electron chi connectivity index (χ1n) is 15.4. The summed E-state index contributed by atoms with van der Waals surface area (Å²) < 4.78 is 67.5. The topological polar surface area (TPSA) is 70.0 Å². The highest BCUT2D eigenvalue weighted by molar-refractivity contribution is 6.62. The molecule has 1 aliphatic heterocycles. The summed E-state index contributed by atoms with van der Waals surface area (Å²) >= 11 is 0. The summed E-state index contributed by atoms with van der Waals surface area (Å²) in [7, 11) is -0.529. The molecule has 47 heavy (non-hydrogen) atoms. The van der Waals surface area contributed by atoms with Crippen LogP contribution < -0.4 is 5.46 Å². The van der Waals surface area contributed by atoms with Crippen LogP contribution in [0, 0.1) is 23.8 Å². The molecular formula is C36H33BF4N4O2. The molecule has 4 aromatic heterocycles. The van der Waals surface area contributed by atoms with Gasteiger partial charge in [0.1, 0.15) is 0 Å². The number of hydrogen-bond donors (Lipinski definition) is 0. The van der Waals surface area contributed by atoms with Gasteiger partial charge in [-0.3, -0.25) is 9.97 Å². The van der Waals surface area contributed by atoms with E-state index < -0.39 is 42.1 Å². The third-order valence-corrected chi connectivity index (χ3v) is 8.84.